The molecule has 3 nitrogen and oxygen atoms in total. The number of furan rings is 1. The molecule has 0 fully saturated rings. The SMILES string of the molecule is C[C@H](Cc1ccc2occc2c1)N[S@+]([O-])C(C)(C)C. The van der Waals surface area contributed by atoms with Gasteiger partial charge in [0.15, 0.2) is 0 Å². The van der Waals surface area contributed by atoms with Crippen LogP contribution in [0.5, 0.6) is 0 Å². The standard InChI is InChI=1S/C15H21NO2S/c1-11(16-19(17)15(2,3)4)9-12-5-6-14-13(10-12)7-8-18-14/h5-8,10-11,16H,9H2,1-4H3/t11-,19-/m1/s1. The van der Waals surface area contributed by atoms with E-state index in [2.05, 4.69) is 23.8 Å². The van der Waals surface area contributed by atoms with Crippen LogP contribution in [0.4, 0.5) is 0 Å². The molecule has 1 aromatic carbocycles. The highest BCUT2D eigenvalue weighted by Gasteiger charge is 2.27. The summed E-state index contributed by atoms with van der Waals surface area (Å²) >= 11 is -1.03. The van der Waals surface area contributed by atoms with Gasteiger partial charge in [0.25, 0.3) is 0 Å². The number of hydrogen-bond acceptors (Lipinski definition) is 3. The zero-order valence-corrected chi connectivity index (χ0v) is 12.7. The lowest BCUT2D eigenvalue weighted by Gasteiger charge is -2.26. The van der Waals surface area contributed by atoms with Crippen LogP contribution in [0.15, 0.2) is 34.9 Å². The van der Waals surface area contributed by atoms with Crippen molar-refractivity contribution in [2.75, 3.05) is 0 Å². The van der Waals surface area contributed by atoms with E-state index in [-0.39, 0.29) is 10.8 Å². The fourth-order valence-corrected chi connectivity index (χ4v) is 2.70. The van der Waals surface area contributed by atoms with Crippen LogP contribution in [0, 0.1) is 0 Å². The summed E-state index contributed by atoms with van der Waals surface area (Å²) in [6, 6.07) is 8.30. The fourth-order valence-electron chi connectivity index (χ4n) is 1.90. The first-order valence-electron chi connectivity index (χ1n) is 6.50. The Labute approximate surface area is 117 Å². The highest BCUT2D eigenvalue weighted by molar-refractivity contribution is 7.90. The van der Waals surface area contributed by atoms with Crippen LogP contribution in [-0.2, 0) is 17.8 Å². The van der Waals surface area contributed by atoms with E-state index in [4.69, 9.17) is 4.42 Å². The topological polar surface area (TPSA) is 48.2 Å². The predicted molar refractivity (Wildman–Crippen MR) is 80.4 cm³/mol. The maximum atomic E-state index is 12.0. The number of rotatable bonds is 4. The van der Waals surface area contributed by atoms with E-state index >= 15 is 0 Å². The van der Waals surface area contributed by atoms with E-state index in [0.29, 0.717) is 0 Å². The first-order chi connectivity index (χ1) is 8.86. The lowest BCUT2D eigenvalue weighted by Crippen LogP contribution is -2.44. The summed E-state index contributed by atoms with van der Waals surface area (Å²) in [5.41, 5.74) is 2.13. The van der Waals surface area contributed by atoms with Crippen molar-refractivity contribution < 1.29 is 8.97 Å². The van der Waals surface area contributed by atoms with Gasteiger partial charge in [0.2, 0.25) is 0 Å². The maximum absolute atomic E-state index is 12.0. The molecule has 0 amide bonds. The number of nitrogens with one attached hydrogen (secondary N) is 1. The van der Waals surface area contributed by atoms with E-state index in [0.717, 1.165) is 17.4 Å². The molecule has 0 saturated carbocycles. The molecule has 0 aliphatic rings. The molecular formula is C15H21NO2S. The molecule has 0 saturated heterocycles. The molecule has 1 aromatic heterocycles. The van der Waals surface area contributed by atoms with Gasteiger partial charge in [0.1, 0.15) is 10.3 Å². The molecule has 19 heavy (non-hydrogen) atoms. The third-order valence-corrected chi connectivity index (χ3v) is 4.65. The van der Waals surface area contributed by atoms with Gasteiger partial charge in [-0.15, -0.1) is 4.72 Å². The van der Waals surface area contributed by atoms with Crippen molar-refractivity contribution >= 4 is 22.3 Å². The second-order valence-electron chi connectivity index (χ2n) is 5.90. The van der Waals surface area contributed by atoms with Gasteiger partial charge in [-0.05, 0) is 57.9 Å². The number of benzene rings is 1. The van der Waals surface area contributed by atoms with Crippen LogP contribution in [0.1, 0.15) is 33.3 Å². The minimum atomic E-state index is -1.03. The predicted octanol–water partition coefficient (Wildman–Crippen LogP) is 3.42. The van der Waals surface area contributed by atoms with E-state index in [1.165, 1.54) is 5.56 Å². The van der Waals surface area contributed by atoms with E-state index < -0.39 is 11.4 Å². The Morgan fingerprint density at radius 1 is 1.32 bits per heavy atom. The van der Waals surface area contributed by atoms with Gasteiger partial charge in [-0.1, -0.05) is 6.07 Å². The Morgan fingerprint density at radius 3 is 2.74 bits per heavy atom. The third-order valence-electron chi connectivity index (χ3n) is 2.92. The molecule has 1 N–H and O–H groups in total. The number of fused-ring (bicyclic) bond motifs is 1. The summed E-state index contributed by atoms with van der Waals surface area (Å²) in [6.07, 6.45) is 2.55. The molecular weight excluding hydrogens is 258 g/mol. The summed E-state index contributed by atoms with van der Waals surface area (Å²) in [7, 11) is 0. The monoisotopic (exact) mass is 279 g/mol. The molecule has 0 aliphatic carbocycles. The molecule has 104 valence electrons. The maximum Gasteiger partial charge on any atom is 0.136 e. The van der Waals surface area contributed by atoms with Gasteiger partial charge < -0.3 is 8.97 Å². The summed E-state index contributed by atoms with van der Waals surface area (Å²) in [5.74, 6) is 0. The van der Waals surface area contributed by atoms with E-state index in [1.54, 1.807) is 6.26 Å². The Balaban J connectivity index is 2.00. The average Bonchev–Trinajstić information content (AvgIpc) is 2.74. The molecule has 0 unspecified atom stereocenters. The van der Waals surface area contributed by atoms with Gasteiger partial charge >= 0.3 is 0 Å². The normalized spacial score (nSPS) is 15.6. The lowest BCUT2D eigenvalue weighted by molar-refractivity contribution is 0.526. The number of hydrogen-bond donors (Lipinski definition) is 1. The minimum Gasteiger partial charge on any atom is -0.598 e. The minimum absolute atomic E-state index is 0.171. The zero-order valence-electron chi connectivity index (χ0n) is 11.9. The molecule has 1 heterocycles. The van der Waals surface area contributed by atoms with Crippen LogP contribution in [0.25, 0.3) is 11.0 Å². The molecule has 0 aliphatic heterocycles. The highest BCUT2D eigenvalue weighted by Crippen LogP contribution is 2.19. The summed E-state index contributed by atoms with van der Waals surface area (Å²) < 4.78 is 20.3. The molecule has 2 atom stereocenters. The molecule has 0 radical (unpaired) electrons. The highest BCUT2D eigenvalue weighted by atomic mass is 32.2. The van der Waals surface area contributed by atoms with Gasteiger partial charge in [-0.2, -0.15) is 0 Å². The Kier molecular flexibility index (Phi) is 4.23. The smallest absolute Gasteiger partial charge is 0.136 e. The molecule has 0 spiro atoms. The van der Waals surface area contributed by atoms with Crippen molar-refractivity contribution in [3.8, 4) is 0 Å². The second kappa shape index (κ2) is 5.57. The van der Waals surface area contributed by atoms with Crippen LogP contribution >= 0.6 is 0 Å². The van der Waals surface area contributed by atoms with Gasteiger partial charge in [0.05, 0.1) is 12.3 Å². The lowest BCUT2D eigenvalue weighted by atomic mass is 10.1. The summed E-state index contributed by atoms with van der Waals surface area (Å²) in [5, 5.41) is 1.11. The summed E-state index contributed by atoms with van der Waals surface area (Å²) in [4.78, 5) is 0. The van der Waals surface area contributed by atoms with Crippen molar-refractivity contribution in [1.82, 2.24) is 4.72 Å². The molecule has 2 rings (SSSR count). The van der Waals surface area contributed by atoms with Gasteiger partial charge in [-0.25, -0.2) is 0 Å². The van der Waals surface area contributed by atoms with Crippen LogP contribution in [-0.4, -0.2) is 15.3 Å². The Morgan fingerprint density at radius 2 is 2.05 bits per heavy atom. The first-order valence-corrected chi connectivity index (χ1v) is 7.65. The third kappa shape index (κ3) is 3.75. The molecule has 2 aromatic rings. The molecule has 4 heteroatoms. The fraction of sp³-hybridized carbons (Fsp3) is 0.467. The first kappa shape index (κ1) is 14.4. The largest absolute Gasteiger partial charge is 0.598 e. The van der Waals surface area contributed by atoms with Crippen molar-refractivity contribution in [3.05, 3.63) is 36.1 Å². The van der Waals surface area contributed by atoms with Crippen molar-refractivity contribution in [2.45, 2.75) is 44.9 Å². The van der Waals surface area contributed by atoms with E-state index in [9.17, 15) is 4.55 Å². The Bertz CT molecular complexity index is 544. The zero-order chi connectivity index (χ0) is 14.0. The van der Waals surface area contributed by atoms with E-state index in [1.807, 2.05) is 32.9 Å². The van der Waals surface area contributed by atoms with Crippen molar-refractivity contribution in [2.24, 2.45) is 0 Å². The Hall–Kier alpha value is -0.970. The second-order valence-corrected chi connectivity index (χ2v) is 7.89. The van der Waals surface area contributed by atoms with Crippen molar-refractivity contribution in [1.29, 1.82) is 0 Å². The van der Waals surface area contributed by atoms with Crippen LogP contribution in [0.3, 0.4) is 0 Å². The van der Waals surface area contributed by atoms with Crippen LogP contribution < -0.4 is 4.72 Å². The van der Waals surface area contributed by atoms with Crippen molar-refractivity contribution in [3.63, 3.8) is 0 Å². The summed E-state index contributed by atoms with van der Waals surface area (Å²) in [6.45, 7) is 7.98. The van der Waals surface area contributed by atoms with Gasteiger partial charge in [0, 0.05) is 16.7 Å². The van der Waals surface area contributed by atoms with Gasteiger partial charge in [-0.3, -0.25) is 0 Å². The van der Waals surface area contributed by atoms with Crippen LogP contribution in [0.2, 0.25) is 0 Å². The molecule has 0 bridgehead atoms. The average molecular weight is 279 g/mol. The quantitative estimate of drug-likeness (QED) is 0.872.